The summed E-state index contributed by atoms with van der Waals surface area (Å²) in [5.74, 6) is 0.718. The van der Waals surface area contributed by atoms with Crippen LogP contribution in [0.15, 0.2) is 48.8 Å². The third-order valence-electron chi connectivity index (χ3n) is 2.98. The van der Waals surface area contributed by atoms with Gasteiger partial charge in [-0.15, -0.1) is 5.10 Å². The molecule has 94 valence electrons. The number of hydrogen-bond donors (Lipinski definition) is 0. The normalized spacial score (nSPS) is 10.6. The lowest BCUT2D eigenvalue weighted by Gasteiger charge is -2.04. The Morgan fingerprint density at radius 3 is 2.63 bits per heavy atom. The van der Waals surface area contributed by atoms with Crippen LogP contribution >= 0.6 is 0 Å². The maximum atomic E-state index is 4.09. The van der Waals surface area contributed by atoms with Gasteiger partial charge in [0.05, 0.1) is 11.9 Å². The highest BCUT2D eigenvalue weighted by Gasteiger charge is 2.10. The van der Waals surface area contributed by atoms with Crippen LogP contribution in [0, 0.1) is 0 Å². The molecule has 0 aliphatic heterocycles. The largest absolute Gasteiger partial charge is 0.262 e. The van der Waals surface area contributed by atoms with Crippen molar-refractivity contribution in [2.75, 3.05) is 0 Å². The Morgan fingerprint density at radius 2 is 1.95 bits per heavy atom. The van der Waals surface area contributed by atoms with Crippen molar-refractivity contribution in [2.45, 2.75) is 13.3 Å². The van der Waals surface area contributed by atoms with Gasteiger partial charge in [0.2, 0.25) is 0 Å². The molecule has 0 bridgehead atoms. The van der Waals surface area contributed by atoms with Crippen LogP contribution in [0.5, 0.6) is 0 Å². The first-order chi connectivity index (χ1) is 9.38. The van der Waals surface area contributed by atoms with Gasteiger partial charge in [-0.3, -0.25) is 4.98 Å². The average molecular weight is 251 g/mol. The Morgan fingerprint density at radius 1 is 1.11 bits per heavy atom. The molecule has 2 heterocycles. The Kier molecular flexibility index (Phi) is 3.02. The van der Waals surface area contributed by atoms with Crippen LogP contribution in [-0.4, -0.2) is 25.2 Å². The standard InChI is InChI=1S/C14H13N5/c1-2-11-5-7-12(8-6-11)14-16-17-18-19(14)13-4-3-9-15-10-13/h3-10H,2H2,1H3. The lowest BCUT2D eigenvalue weighted by atomic mass is 10.1. The van der Waals surface area contributed by atoms with Gasteiger partial charge in [0, 0.05) is 11.8 Å². The molecule has 2 aromatic heterocycles. The number of aryl methyl sites for hydroxylation is 1. The summed E-state index contributed by atoms with van der Waals surface area (Å²) in [6.45, 7) is 2.13. The zero-order chi connectivity index (χ0) is 13.1. The summed E-state index contributed by atoms with van der Waals surface area (Å²) in [6.07, 6.45) is 4.48. The van der Waals surface area contributed by atoms with E-state index in [0.29, 0.717) is 0 Å². The van der Waals surface area contributed by atoms with E-state index in [1.54, 1.807) is 17.1 Å². The first-order valence-electron chi connectivity index (χ1n) is 6.16. The molecule has 0 aliphatic rings. The van der Waals surface area contributed by atoms with Gasteiger partial charge in [0.25, 0.3) is 0 Å². The van der Waals surface area contributed by atoms with Gasteiger partial charge >= 0.3 is 0 Å². The van der Waals surface area contributed by atoms with Crippen molar-refractivity contribution >= 4 is 0 Å². The number of nitrogens with zero attached hydrogens (tertiary/aromatic N) is 5. The number of benzene rings is 1. The molecular formula is C14H13N5. The highest BCUT2D eigenvalue weighted by molar-refractivity contribution is 5.57. The van der Waals surface area contributed by atoms with Crippen molar-refractivity contribution in [3.63, 3.8) is 0 Å². The summed E-state index contributed by atoms with van der Waals surface area (Å²) in [5.41, 5.74) is 3.14. The summed E-state index contributed by atoms with van der Waals surface area (Å²) in [4.78, 5) is 4.09. The van der Waals surface area contributed by atoms with Crippen molar-refractivity contribution in [1.82, 2.24) is 25.2 Å². The molecule has 3 rings (SSSR count). The quantitative estimate of drug-likeness (QED) is 0.716. The highest BCUT2D eigenvalue weighted by Crippen LogP contribution is 2.19. The molecule has 1 aromatic carbocycles. The maximum Gasteiger partial charge on any atom is 0.187 e. The molecule has 0 saturated heterocycles. The monoisotopic (exact) mass is 251 g/mol. The zero-order valence-electron chi connectivity index (χ0n) is 10.6. The van der Waals surface area contributed by atoms with Crippen LogP contribution in [0.2, 0.25) is 0 Å². The Hall–Kier alpha value is -2.56. The van der Waals surface area contributed by atoms with E-state index >= 15 is 0 Å². The van der Waals surface area contributed by atoms with Crippen molar-refractivity contribution < 1.29 is 0 Å². The fourth-order valence-electron chi connectivity index (χ4n) is 1.91. The second-order valence-electron chi connectivity index (χ2n) is 4.18. The van der Waals surface area contributed by atoms with E-state index in [1.807, 2.05) is 24.3 Å². The summed E-state index contributed by atoms with van der Waals surface area (Å²) in [6, 6.07) is 12.1. The van der Waals surface area contributed by atoms with Gasteiger partial charge in [-0.1, -0.05) is 31.2 Å². The molecule has 0 aliphatic carbocycles. The van der Waals surface area contributed by atoms with Gasteiger partial charge in [-0.2, -0.15) is 4.68 Å². The minimum Gasteiger partial charge on any atom is -0.262 e. The average Bonchev–Trinajstić information content (AvgIpc) is 2.98. The SMILES string of the molecule is CCc1ccc(-c2nnnn2-c2cccnc2)cc1. The van der Waals surface area contributed by atoms with Crippen molar-refractivity contribution in [3.8, 4) is 17.1 Å². The topological polar surface area (TPSA) is 56.5 Å². The molecule has 5 heteroatoms. The molecule has 0 saturated carbocycles. The second-order valence-corrected chi connectivity index (χ2v) is 4.18. The first-order valence-corrected chi connectivity index (χ1v) is 6.16. The van der Waals surface area contributed by atoms with Crippen LogP contribution in [0.1, 0.15) is 12.5 Å². The fraction of sp³-hybridized carbons (Fsp3) is 0.143. The van der Waals surface area contributed by atoms with Gasteiger partial charge in [0.15, 0.2) is 5.82 Å². The van der Waals surface area contributed by atoms with Crippen LogP contribution in [0.25, 0.3) is 17.1 Å². The predicted molar refractivity (Wildman–Crippen MR) is 71.8 cm³/mol. The third-order valence-corrected chi connectivity index (χ3v) is 2.98. The molecule has 0 radical (unpaired) electrons. The number of hydrogen-bond acceptors (Lipinski definition) is 4. The van der Waals surface area contributed by atoms with E-state index in [1.165, 1.54) is 5.56 Å². The van der Waals surface area contributed by atoms with E-state index in [-0.39, 0.29) is 0 Å². The minimum atomic E-state index is 0.718. The number of pyridine rings is 1. The third kappa shape index (κ3) is 2.22. The zero-order valence-corrected chi connectivity index (χ0v) is 10.6. The summed E-state index contributed by atoms with van der Waals surface area (Å²) in [5, 5.41) is 11.9. The molecule has 0 amide bonds. The Bertz CT molecular complexity index is 658. The van der Waals surface area contributed by atoms with E-state index in [9.17, 15) is 0 Å². The lowest BCUT2D eigenvalue weighted by Crippen LogP contribution is -2.00. The smallest absolute Gasteiger partial charge is 0.187 e. The molecule has 0 unspecified atom stereocenters. The summed E-state index contributed by atoms with van der Waals surface area (Å²) < 4.78 is 1.69. The molecule has 0 spiro atoms. The van der Waals surface area contributed by atoms with Crippen LogP contribution in [0.4, 0.5) is 0 Å². The molecular weight excluding hydrogens is 238 g/mol. The van der Waals surface area contributed by atoms with Crippen molar-refractivity contribution in [3.05, 3.63) is 54.4 Å². The predicted octanol–water partition coefficient (Wildman–Crippen LogP) is 2.29. The van der Waals surface area contributed by atoms with Gasteiger partial charge in [0.1, 0.15) is 0 Å². The number of rotatable bonds is 3. The maximum absolute atomic E-state index is 4.09. The van der Waals surface area contributed by atoms with Crippen LogP contribution < -0.4 is 0 Å². The van der Waals surface area contributed by atoms with Crippen molar-refractivity contribution in [2.24, 2.45) is 0 Å². The molecule has 0 N–H and O–H groups in total. The second kappa shape index (κ2) is 4.97. The van der Waals surface area contributed by atoms with Crippen LogP contribution in [0.3, 0.4) is 0 Å². The van der Waals surface area contributed by atoms with E-state index in [2.05, 4.69) is 39.6 Å². The van der Waals surface area contributed by atoms with Gasteiger partial charge in [-0.05, 0) is 34.5 Å². The Labute approximate surface area is 110 Å². The molecule has 0 atom stereocenters. The fourth-order valence-corrected chi connectivity index (χ4v) is 1.91. The number of aromatic nitrogens is 5. The lowest BCUT2D eigenvalue weighted by molar-refractivity contribution is 0.788. The highest BCUT2D eigenvalue weighted by atomic mass is 15.5. The number of tetrazole rings is 1. The van der Waals surface area contributed by atoms with Gasteiger partial charge in [-0.25, -0.2) is 0 Å². The summed E-state index contributed by atoms with van der Waals surface area (Å²) in [7, 11) is 0. The summed E-state index contributed by atoms with van der Waals surface area (Å²) >= 11 is 0. The van der Waals surface area contributed by atoms with E-state index < -0.39 is 0 Å². The Balaban J connectivity index is 2.04. The van der Waals surface area contributed by atoms with Crippen LogP contribution in [-0.2, 0) is 6.42 Å². The first kappa shape index (κ1) is 11.5. The van der Waals surface area contributed by atoms with E-state index in [4.69, 9.17) is 0 Å². The van der Waals surface area contributed by atoms with Crippen molar-refractivity contribution in [1.29, 1.82) is 0 Å². The molecule has 5 nitrogen and oxygen atoms in total. The van der Waals surface area contributed by atoms with Gasteiger partial charge < -0.3 is 0 Å². The minimum absolute atomic E-state index is 0.718. The molecule has 3 aromatic rings. The molecule has 19 heavy (non-hydrogen) atoms. The molecule has 0 fully saturated rings. The van der Waals surface area contributed by atoms with E-state index in [0.717, 1.165) is 23.5 Å².